The Morgan fingerprint density at radius 2 is 2.06 bits per heavy atom. The highest BCUT2D eigenvalue weighted by atomic mass is 16.1. The molecule has 0 aliphatic rings. The van der Waals surface area contributed by atoms with Crippen molar-refractivity contribution in [1.29, 1.82) is 0 Å². The topological polar surface area (TPSA) is 91.5 Å². The van der Waals surface area contributed by atoms with Gasteiger partial charge in [0.25, 0.3) is 0 Å². The number of benzene rings is 1. The van der Waals surface area contributed by atoms with Crippen LogP contribution in [0.2, 0.25) is 0 Å². The summed E-state index contributed by atoms with van der Waals surface area (Å²) in [7, 11) is 0. The lowest BCUT2D eigenvalue weighted by atomic mass is 10.3. The van der Waals surface area contributed by atoms with Gasteiger partial charge in [-0.3, -0.25) is 15.2 Å². The fourth-order valence-electron chi connectivity index (χ4n) is 1.33. The standard InChI is InChI=1S/C12H19N5O/c1-2-14-11(18)8-9-15-12(17-13)16-10-6-4-3-5-7-10/h3-7H,2,8-9,13H2,1H3,(H,14,18)(H2,15,16,17). The van der Waals surface area contributed by atoms with Crippen molar-refractivity contribution in [2.45, 2.75) is 13.3 Å². The molecule has 0 unspecified atom stereocenters. The van der Waals surface area contributed by atoms with E-state index in [2.05, 4.69) is 21.1 Å². The number of nitrogens with zero attached hydrogens (tertiary/aromatic N) is 1. The van der Waals surface area contributed by atoms with Crippen LogP contribution in [0.3, 0.4) is 0 Å². The summed E-state index contributed by atoms with van der Waals surface area (Å²) in [6.07, 6.45) is 0.343. The minimum Gasteiger partial charge on any atom is -0.356 e. The molecule has 1 rings (SSSR count). The normalized spacial score (nSPS) is 10.9. The summed E-state index contributed by atoms with van der Waals surface area (Å²) in [5, 5.41) is 5.72. The van der Waals surface area contributed by atoms with E-state index in [1.165, 1.54) is 0 Å². The van der Waals surface area contributed by atoms with Gasteiger partial charge in [-0.15, -0.1) is 0 Å². The molecule has 0 aliphatic carbocycles. The maximum atomic E-state index is 11.2. The third kappa shape index (κ3) is 5.31. The number of amides is 1. The number of guanidine groups is 1. The zero-order valence-electron chi connectivity index (χ0n) is 10.4. The van der Waals surface area contributed by atoms with Gasteiger partial charge in [0.15, 0.2) is 0 Å². The molecule has 0 spiro atoms. The van der Waals surface area contributed by atoms with Crippen molar-refractivity contribution in [1.82, 2.24) is 10.7 Å². The molecule has 1 amide bonds. The average Bonchev–Trinajstić information content (AvgIpc) is 2.39. The summed E-state index contributed by atoms with van der Waals surface area (Å²) in [5.41, 5.74) is 3.35. The first-order valence-electron chi connectivity index (χ1n) is 5.86. The maximum absolute atomic E-state index is 11.2. The van der Waals surface area contributed by atoms with Crippen molar-refractivity contribution in [2.75, 3.05) is 18.4 Å². The summed E-state index contributed by atoms with van der Waals surface area (Å²) >= 11 is 0. The van der Waals surface area contributed by atoms with Crippen molar-refractivity contribution in [3.8, 4) is 0 Å². The second-order valence-corrected chi connectivity index (χ2v) is 3.57. The predicted molar refractivity (Wildman–Crippen MR) is 73.0 cm³/mol. The first-order chi connectivity index (χ1) is 8.76. The molecule has 1 aromatic rings. The number of nitrogens with two attached hydrogens (primary N) is 1. The van der Waals surface area contributed by atoms with E-state index in [0.717, 1.165) is 5.69 Å². The van der Waals surface area contributed by atoms with Gasteiger partial charge in [-0.05, 0) is 19.1 Å². The number of anilines is 1. The van der Waals surface area contributed by atoms with Gasteiger partial charge in [0.05, 0.1) is 6.54 Å². The summed E-state index contributed by atoms with van der Waals surface area (Å²) in [5.74, 6) is 5.77. The van der Waals surface area contributed by atoms with Crippen LogP contribution in [0.5, 0.6) is 0 Å². The van der Waals surface area contributed by atoms with Crippen molar-refractivity contribution in [2.24, 2.45) is 10.8 Å². The van der Waals surface area contributed by atoms with Crippen LogP contribution >= 0.6 is 0 Å². The van der Waals surface area contributed by atoms with Gasteiger partial charge in [0.2, 0.25) is 11.9 Å². The smallest absolute Gasteiger partial charge is 0.221 e. The molecule has 0 radical (unpaired) electrons. The number of para-hydroxylation sites is 1. The Kier molecular flexibility index (Phi) is 6.27. The zero-order valence-corrected chi connectivity index (χ0v) is 10.4. The molecule has 0 saturated carbocycles. The van der Waals surface area contributed by atoms with Crippen LogP contribution in [0.15, 0.2) is 35.3 Å². The van der Waals surface area contributed by atoms with Crippen molar-refractivity contribution in [3.05, 3.63) is 30.3 Å². The molecule has 0 heterocycles. The van der Waals surface area contributed by atoms with Crippen molar-refractivity contribution >= 4 is 17.6 Å². The van der Waals surface area contributed by atoms with Crippen LogP contribution in [0, 0.1) is 0 Å². The highest BCUT2D eigenvalue weighted by Crippen LogP contribution is 2.04. The number of hydrogen-bond donors (Lipinski definition) is 4. The van der Waals surface area contributed by atoms with Gasteiger partial charge >= 0.3 is 0 Å². The maximum Gasteiger partial charge on any atom is 0.221 e. The van der Waals surface area contributed by atoms with Gasteiger partial charge in [0.1, 0.15) is 0 Å². The van der Waals surface area contributed by atoms with Crippen molar-refractivity contribution < 1.29 is 4.79 Å². The van der Waals surface area contributed by atoms with Gasteiger partial charge in [0, 0.05) is 18.7 Å². The SMILES string of the molecule is CCNC(=O)CCN=C(NN)Nc1ccccc1. The lowest BCUT2D eigenvalue weighted by molar-refractivity contribution is -0.120. The number of hydrazine groups is 1. The second-order valence-electron chi connectivity index (χ2n) is 3.57. The molecule has 0 aliphatic heterocycles. The van der Waals surface area contributed by atoms with Crippen molar-refractivity contribution in [3.63, 3.8) is 0 Å². The molecule has 0 bridgehead atoms. The Morgan fingerprint density at radius 1 is 1.33 bits per heavy atom. The quantitative estimate of drug-likeness (QED) is 0.264. The average molecular weight is 249 g/mol. The largest absolute Gasteiger partial charge is 0.356 e. The number of carbonyl (C=O) groups excluding carboxylic acids is 1. The molecular formula is C12H19N5O. The highest BCUT2D eigenvalue weighted by molar-refractivity contribution is 5.93. The number of nitrogens with one attached hydrogen (secondary N) is 3. The molecule has 6 heteroatoms. The van der Waals surface area contributed by atoms with Crippen LogP contribution in [-0.4, -0.2) is 25.0 Å². The molecule has 0 atom stereocenters. The number of rotatable bonds is 5. The van der Waals surface area contributed by atoms with E-state index in [9.17, 15) is 4.79 Å². The van der Waals surface area contributed by atoms with E-state index < -0.39 is 0 Å². The van der Waals surface area contributed by atoms with E-state index in [-0.39, 0.29) is 5.91 Å². The summed E-state index contributed by atoms with van der Waals surface area (Å²) in [4.78, 5) is 15.4. The predicted octanol–water partition coefficient (Wildman–Crippen LogP) is 0.444. The van der Waals surface area contributed by atoms with E-state index in [1.807, 2.05) is 37.3 Å². The summed E-state index contributed by atoms with van der Waals surface area (Å²) in [6, 6.07) is 9.54. The molecule has 0 fully saturated rings. The first kappa shape index (κ1) is 14.0. The molecule has 5 N–H and O–H groups in total. The van der Waals surface area contributed by atoms with E-state index in [4.69, 9.17) is 5.84 Å². The Hall–Kier alpha value is -2.08. The van der Waals surface area contributed by atoms with Crippen LogP contribution in [-0.2, 0) is 4.79 Å². The molecule has 1 aromatic carbocycles. The molecule has 18 heavy (non-hydrogen) atoms. The van der Waals surface area contributed by atoms with Crippen LogP contribution in [0.25, 0.3) is 0 Å². The zero-order chi connectivity index (χ0) is 13.2. The van der Waals surface area contributed by atoms with E-state index in [0.29, 0.717) is 25.5 Å². The molecular weight excluding hydrogens is 230 g/mol. The molecule has 0 saturated heterocycles. The monoisotopic (exact) mass is 249 g/mol. The Balaban J connectivity index is 2.43. The number of hydrogen-bond acceptors (Lipinski definition) is 3. The minimum absolute atomic E-state index is 0.0164. The van der Waals surface area contributed by atoms with Crippen LogP contribution in [0.1, 0.15) is 13.3 Å². The summed E-state index contributed by atoms with van der Waals surface area (Å²) in [6.45, 7) is 2.89. The fourth-order valence-corrected chi connectivity index (χ4v) is 1.33. The Labute approximate surface area is 107 Å². The third-order valence-corrected chi connectivity index (χ3v) is 2.16. The molecule has 0 aromatic heterocycles. The summed E-state index contributed by atoms with van der Waals surface area (Å²) < 4.78 is 0. The fraction of sp³-hybridized carbons (Fsp3) is 0.333. The lowest BCUT2D eigenvalue weighted by Gasteiger charge is -2.08. The van der Waals surface area contributed by atoms with Gasteiger partial charge in [-0.1, -0.05) is 18.2 Å². The number of carbonyl (C=O) groups is 1. The Morgan fingerprint density at radius 3 is 2.67 bits per heavy atom. The van der Waals surface area contributed by atoms with E-state index >= 15 is 0 Å². The first-order valence-corrected chi connectivity index (χ1v) is 5.86. The third-order valence-electron chi connectivity index (χ3n) is 2.16. The van der Waals surface area contributed by atoms with Crippen LogP contribution < -0.4 is 21.9 Å². The van der Waals surface area contributed by atoms with Gasteiger partial charge < -0.3 is 10.6 Å². The minimum atomic E-state index is -0.0164. The lowest BCUT2D eigenvalue weighted by Crippen LogP contribution is -2.36. The highest BCUT2D eigenvalue weighted by Gasteiger charge is 2.00. The number of aliphatic imine (C=N–C) groups is 1. The molecule has 6 nitrogen and oxygen atoms in total. The van der Waals surface area contributed by atoms with Gasteiger partial charge in [-0.25, -0.2) is 5.84 Å². The van der Waals surface area contributed by atoms with Gasteiger partial charge in [-0.2, -0.15) is 0 Å². The second kappa shape index (κ2) is 8.08. The molecule has 98 valence electrons. The van der Waals surface area contributed by atoms with Crippen LogP contribution in [0.4, 0.5) is 5.69 Å². The van der Waals surface area contributed by atoms with E-state index in [1.54, 1.807) is 0 Å². The Bertz CT molecular complexity index is 391.